The highest BCUT2D eigenvalue weighted by molar-refractivity contribution is 7.92. The quantitative estimate of drug-likeness (QED) is 0.497. The van der Waals surface area contributed by atoms with E-state index in [4.69, 9.17) is 0 Å². The van der Waals surface area contributed by atoms with Crippen LogP contribution in [0.1, 0.15) is 21.7 Å². The molecule has 0 bridgehead atoms. The van der Waals surface area contributed by atoms with Crippen LogP contribution in [0.25, 0.3) is 5.69 Å². The van der Waals surface area contributed by atoms with Crippen LogP contribution in [0.4, 0.5) is 5.69 Å². The fraction of sp³-hybridized carbons (Fsp3) is 0.118. The van der Waals surface area contributed by atoms with Crippen molar-refractivity contribution in [1.29, 1.82) is 0 Å². The minimum Gasteiger partial charge on any atom is -0.477 e. The summed E-state index contributed by atoms with van der Waals surface area (Å²) in [5, 5.41) is 9.24. The second kappa shape index (κ2) is 6.85. The van der Waals surface area contributed by atoms with E-state index in [2.05, 4.69) is 9.71 Å². The predicted octanol–water partition coefficient (Wildman–Crippen LogP) is 0.970. The first-order valence-electron chi connectivity index (χ1n) is 7.98. The monoisotopic (exact) mass is 404 g/mol. The summed E-state index contributed by atoms with van der Waals surface area (Å²) in [5.41, 5.74) is -0.521. The van der Waals surface area contributed by atoms with Gasteiger partial charge in [-0.25, -0.2) is 18.0 Å². The summed E-state index contributed by atoms with van der Waals surface area (Å²) >= 11 is 0. The van der Waals surface area contributed by atoms with E-state index in [9.17, 15) is 27.9 Å². The molecule has 28 heavy (non-hydrogen) atoms. The van der Waals surface area contributed by atoms with Crippen molar-refractivity contribution in [1.82, 2.24) is 14.5 Å². The van der Waals surface area contributed by atoms with E-state index < -0.39 is 32.1 Å². The minimum absolute atomic E-state index is 0.0619. The van der Waals surface area contributed by atoms with E-state index in [0.717, 1.165) is 0 Å². The molecule has 1 aromatic carbocycles. The number of nitrogens with one attached hydrogen (secondary N) is 3. The van der Waals surface area contributed by atoms with Crippen LogP contribution < -0.4 is 16.0 Å². The van der Waals surface area contributed by atoms with Gasteiger partial charge in [-0.1, -0.05) is 0 Å². The number of sulfonamides is 1. The number of aryl methyl sites for hydroxylation is 2. The highest BCUT2D eigenvalue weighted by atomic mass is 32.2. The maximum absolute atomic E-state index is 12.6. The largest absolute Gasteiger partial charge is 0.477 e. The second-order valence-corrected chi connectivity index (χ2v) is 7.66. The van der Waals surface area contributed by atoms with Crippen molar-refractivity contribution >= 4 is 21.7 Å². The number of benzene rings is 1. The molecule has 146 valence electrons. The molecule has 0 amide bonds. The van der Waals surface area contributed by atoms with Gasteiger partial charge in [0, 0.05) is 23.3 Å². The highest BCUT2D eigenvalue weighted by Gasteiger charge is 2.23. The first-order chi connectivity index (χ1) is 13.1. The molecule has 0 saturated heterocycles. The number of aromatic amines is 2. The van der Waals surface area contributed by atoms with E-state index in [1.54, 1.807) is 25.3 Å². The van der Waals surface area contributed by atoms with Gasteiger partial charge in [-0.3, -0.25) is 14.5 Å². The molecule has 0 atom stereocenters. The first-order valence-corrected chi connectivity index (χ1v) is 9.46. The summed E-state index contributed by atoms with van der Waals surface area (Å²) in [4.78, 5) is 38.0. The summed E-state index contributed by atoms with van der Waals surface area (Å²) in [7, 11) is -4.26. The molecule has 10 nitrogen and oxygen atoms in total. The SMILES string of the molecule is Cc1cc(NS(=O)(=O)c2c(C)[nH]c(=O)[nH]c2=O)ccc1-n1cccc1C(=O)O. The third kappa shape index (κ3) is 3.47. The van der Waals surface area contributed by atoms with Crippen molar-refractivity contribution in [3.63, 3.8) is 0 Å². The molecule has 0 saturated carbocycles. The Kier molecular flexibility index (Phi) is 4.69. The Labute approximate surface area is 158 Å². The maximum Gasteiger partial charge on any atom is 0.352 e. The van der Waals surface area contributed by atoms with Crippen LogP contribution in [0.3, 0.4) is 0 Å². The Hall–Kier alpha value is -3.60. The van der Waals surface area contributed by atoms with Gasteiger partial charge in [0.2, 0.25) is 0 Å². The number of H-pyrrole nitrogens is 2. The summed E-state index contributed by atoms with van der Waals surface area (Å²) < 4.78 is 28.9. The van der Waals surface area contributed by atoms with Crippen molar-refractivity contribution < 1.29 is 18.3 Å². The summed E-state index contributed by atoms with van der Waals surface area (Å²) in [6.45, 7) is 3.00. The number of carboxylic acid groups (broad SMARTS) is 1. The van der Waals surface area contributed by atoms with E-state index in [0.29, 0.717) is 11.3 Å². The Morgan fingerprint density at radius 3 is 2.46 bits per heavy atom. The lowest BCUT2D eigenvalue weighted by atomic mass is 10.1. The Balaban J connectivity index is 2.00. The molecule has 2 aromatic heterocycles. The van der Waals surface area contributed by atoms with Crippen LogP contribution >= 0.6 is 0 Å². The average Bonchev–Trinajstić information content (AvgIpc) is 3.02. The van der Waals surface area contributed by atoms with Gasteiger partial charge < -0.3 is 14.7 Å². The van der Waals surface area contributed by atoms with E-state index in [-0.39, 0.29) is 17.1 Å². The van der Waals surface area contributed by atoms with Crippen molar-refractivity contribution in [2.45, 2.75) is 18.7 Å². The Morgan fingerprint density at radius 2 is 1.86 bits per heavy atom. The first kappa shape index (κ1) is 19.2. The third-order valence-corrected chi connectivity index (χ3v) is 5.55. The van der Waals surface area contributed by atoms with Crippen molar-refractivity contribution in [2.24, 2.45) is 0 Å². The molecule has 3 rings (SSSR count). The average molecular weight is 404 g/mol. The zero-order valence-corrected chi connectivity index (χ0v) is 15.6. The van der Waals surface area contributed by atoms with Crippen LogP contribution in [0.2, 0.25) is 0 Å². The smallest absolute Gasteiger partial charge is 0.352 e. The van der Waals surface area contributed by atoms with Crippen LogP contribution in [0.15, 0.2) is 51.0 Å². The normalized spacial score (nSPS) is 11.4. The van der Waals surface area contributed by atoms with Gasteiger partial charge in [-0.15, -0.1) is 0 Å². The van der Waals surface area contributed by atoms with Crippen molar-refractivity contribution in [3.8, 4) is 5.69 Å². The maximum atomic E-state index is 12.6. The number of aromatic nitrogens is 3. The van der Waals surface area contributed by atoms with Gasteiger partial charge in [0.25, 0.3) is 15.6 Å². The zero-order chi connectivity index (χ0) is 20.6. The highest BCUT2D eigenvalue weighted by Crippen LogP contribution is 2.23. The summed E-state index contributed by atoms with van der Waals surface area (Å²) in [6.07, 6.45) is 1.58. The second-order valence-electron chi connectivity index (χ2n) is 6.04. The Bertz CT molecular complexity index is 1300. The number of carbonyl (C=O) groups is 1. The standard InChI is InChI=1S/C17H16N4O6S/c1-9-8-11(5-6-12(9)21-7-3-4-13(21)16(23)24)20-28(26,27)14-10(2)18-17(25)19-15(14)22/h3-8,20H,1-2H3,(H,23,24)(H2,18,19,22,25). The number of hydrogen-bond donors (Lipinski definition) is 4. The fourth-order valence-electron chi connectivity index (χ4n) is 2.87. The molecule has 0 aliphatic rings. The van der Waals surface area contributed by atoms with Crippen LogP contribution in [-0.4, -0.2) is 34.0 Å². The van der Waals surface area contributed by atoms with E-state index in [1.807, 2.05) is 4.98 Å². The van der Waals surface area contributed by atoms with Gasteiger partial charge in [0.05, 0.1) is 0 Å². The number of nitrogens with zero attached hydrogens (tertiary/aromatic N) is 1. The lowest BCUT2D eigenvalue weighted by Crippen LogP contribution is -2.31. The number of carboxylic acids is 1. The van der Waals surface area contributed by atoms with Crippen LogP contribution in [0, 0.1) is 13.8 Å². The Morgan fingerprint density at radius 1 is 1.14 bits per heavy atom. The lowest BCUT2D eigenvalue weighted by molar-refractivity contribution is 0.0688. The zero-order valence-electron chi connectivity index (χ0n) is 14.8. The molecule has 0 radical (unpaired) electrons. The minimum atomic E-state index is -4.26. The number of hydrogen-bond acceptors (Lipinski definition) is 5. The molecule has 0 fully saturated rings. The van der Waals surface area contributed by atoms with E-state index in [1.165, 1.54) is 29.7 Å². The molecule has 2 heterocycles. The number of anilines is 1. The number of rotatable bonds is 5. The third-order valence-electron chi connectivity index (χ3n) is 4.02. The van der Waals surface area contributed by atoms with Crippen LogP contribution in [-0.2, 0) is 10.0 Å². The fourth-order valence-corrected chi connectivity index (χ4v) is 4.16. The van der Waals surface area contributed by atoms with Gasteiger partial charge in [-0.05, 0) is 49.7 Å². The molecule has 0 aliphatic heterocycles. The lowest BCUT2D eigenvalue weighted by Gasteiger charge is -2.13. The van der Waals surface area contributed by atoms with Gasteiger partial charge >= 0.3 is 11.7 Å². The van der Waals surface area contributed by atoms with Crippen LogP contribution in [0.5, 0.6) is 0 Å². The molecular weight excluding hydrogens is 388 g/mol. The molecule has 0 aliphatic carbocycles. The summed E-state index contributed by atoms with van der Waals surface area (Å²) in [5.74, 6) is -1.10. The van der Waals surface area contributed by atoms with Gasteiger partial charge in [0.15, 0.2) is 4.90 Å². The van der Waals surface area contributed by atoms with Crippen molar-refractivity contribution in [2.75, 3.05) is 4.72 Å². The molecule has 0 spiro atoms. The summed E-state index contributed by atoms with van der Waals surface area (Å²) in [6, 6.07) is 7.55. The predicted molar refractivity (Wildman–Crippen MR) is 101 cm³/mol. The van der Waals surface area contributed by atoms with E-state index >= 15 is 0 Å². The van der Waals surface area contributed by atoms with Crippen molar-refractivity contribution in [3.05, 3.63) is 74.3 Å². The molecule has 3 aromatic rings. The molecule has 11 heteroatoms. The number of aromatic carboxylic acids is 1. The van der Waals surface area contributed by atoms with Gasteiger partial charge in [-0.2, -0.15) is 0 Å². The topological polar surface area (TPSA) is 154 Å². The molecule has 0 unspecified atom stereocenters. The van der Waals surface area contributed by atoms with Gasteiger partial charge in [0.1, 0.15) is 5.69 Å². The molecule has 4 N–H and O–H groups in total. The molecular formula is C17H16N4O6S.